The minimum Gasteiger partial charge on any atom is -0.501 e. The maximum absolute atomic E-state index is 5.73. The van der Waals surface area contributed by atoms with Crippen molar-refractivity contribution in [2.75, 3.05) is 19.8 Å². The molecule has 2 fully saturated rings. The van der Waals surface area contributed by atoms with Gasteiger partial charge < -0.3 is 9.47 Å². The Hall–Kier alpha value is -0.500. The highest BCUT2D eigenvalue weighted by molar-refractivity contribution is 5.00. The summed E-state index contributed by atoms with van der Waals surface area (Å²) in [6.45, 7) is 2.78. The lowest BCUT2D eigenvalue weighted by Crippen LogP contribution is -2.15. The largest absolute Gasteiger partial charge is 0.501 e. The van der Waals surface area contributed by atoms with Gasteiger partial charge in [0.05, 0.1) is 12.9 Å². The van der Waals surface area contributed by atoms with Crippen LogP contribution in [0.25, 0.3) is 0 Å². The molecule has 2 rings (SSSR count). The van der Waals surface area contributed by atoms with Crippen molar-refractivity contribution in [1.82, 2.24) is 0 Å². The van der Waals surface area contributed by atoms with Crippen LogP contribution >= 0.6 is 0 Å². The van der Waals surface area contributed by atoms with Gasteiger partial charge in [-0.15, -0.1) is 0 Å². The van der Waals surface area contributed by atoms with Crippen LogP contribution in [0.5, 0.6) is 0 Å². The molecule has 1 saturated carbocycles. The molecule has 0 aromatic carbocycles. The molecule has 1 atom stereocenters. The van der Waals surface area contributed by atoms with Crippen LogP contribution < -0.4 is 0 Å². The number of hydrogen-bond acceptors (Lipinski definition) is 2. The van der Waals surface area contributed by atoms with Crippen LogP contribution in [0.4, 0.5) is 0 Å². The van der Waals surface area contributed by atoms with Gasteiger partial charge in [0.15, 0.2) is 0 Å². The average molecular weight is 252 g/mol. The molecule has 0 bridgehead atoms. The maximum Gasteiger partial charge on any atom is 0.0876 e. The van der Waals surface area contributed by atoms with Crippen molar-refractivity contribution >= 4 is 0 Å². The fraction of sp³-hybridized carbons (Fsp3) is 0.875. The Morgan fingerprint density at radius 1 is 1.06 bits per heavy atom. The molecule has 0 spiro atoms. The van der Waals surface area contributed by atoms with Crippen LogP contribution in [0.2, 0.25) is 0 Å². The third-order valence-corrected chi connectivity index (χ3v) is 4.14. The minimum absolute atomic E-state index is 0.718. The van der Waals surface area contributed by atoms with Gasteiger partial charge in [-0.1, -0.05) is 19.3 Å². The first-order valence-corrected chi connectivity index (χ1v) is 7.82. The van der Waals surface area contributed by atoms with Gasteiger partial charge in [-0.25, -0.2) is 0 Å². The second-order valence-electron chi connectivity index (χ2n) is 5.79. The molecule has 104 valence electrons. The van der Waals surface area contributed by atoms with Crippen LogP contribution in [0.1, 0.15) is 64.2 Å². The Kier molecular flexibility index (Phi) is 6.63. The van der Waals surface area contributed by atoms with E-state index >= 15 is 0 Å². The third-order valence-electron chi connectivity index (χ3n) is 4.14. The Balaban J connectivity index is 1.58. The van der Waals surface area contributed by atoms with Gasteiger partial charge in [-0.3, -0.25) is 0 Å². The predicted molar refractivity (Wildman–Crippen MR) is 74.5 cm³/mol. The van der Waals surface area contributed by atoms with Crippen molar-refractivity contribution in [2.45, 2.75) is 64.2 Å². The number of allylic oxidation sites excluding steroid dienone is 1. The topological polar surface area (TPSA) is 18.5 Å². The molecule has 1 saturated heterocycles. The standard InChI is InChI=1S/C16H28O2/c1-3-7-15(8-4-1)13-18-12-10-16-9-5-2-6-11-17-14-16/h13,16H,1-12,14H2. The summed E-state index contributed by atoms with van der Waals surface area (Å²) in [5.74, 6) is 0.718. The van der Waals surface area contributed by atoms with Crippen LogP contribution in [0, 0.1) is 5.92 Å². The van der Waals surface area contributed by atoms with Gasteiger partial charge in [0.25, 0.3) is 0 Å². The van der Waals surface area contributed by atoms with Crippen molar-refractivity contribution < 1.29 is 9.47 Å². The van der Waals surface area contributed by atoms with Gasteiger partial charge in [0.1, 0.15) is 0 Å². The van der Waals surface area contributed by atoms with E-state index < -0.39 is 0 Å². The molecule has 1 unspecified atom stereocenters. The monoisotopic (exact) mass is 252 g/mol. The zero-order valence-electron chi connectivity index (χ0n) is 11.7. The summed E-state index contributed by atoms with van der Waals surface area (Å²) in [6, 6.07) is 0. The SMILES string of the molecule is C(OCCC1CCCCCOC1)=C1CCCCC1. The molecular weight excluding hydrogens is 224 g/mol. The van der Waals surface area contributed by atoms with Crippen LogP contribution in [-0.4, -0.2) is 19.8 Å². The summed E-state index contributed by atoms with van der Waals surface area (Å²) in [4.78, 5) is 0. The summed E-state index contributed by atoms with van der Waals surface area (Å²) >= 11 is 0. The van der Waals surface area contributed by atoms with E-state index in [0.29, 0.717) is 0 Å². The summed E-state index contributed by atoms with van der Waals surface area (Å²) in [7, 11) is 0. The first-order valence-electron chi connectivity index (χ1n) is 7.82. The highest BCUT2D eigenvalue weighted by Gasteiger charge is 2.11. The van der Waals surface area contributed by atoms with E-state index in [2.05, 4.69) is 0 Å². The molecule has 1 aliphatic carbocycles. The summed E-state index contributed by atoms with van der Waals surface area (Å²) in [5.41, 5.74) is 1.52. The van der Waals surface area contributed by atoms with Gasteiger partial charge in [0.2, 0.25) is 0 Å². The van der Waals surface area contributed by atoms with Crippen LogP contribution in [-0.2, 0) is 9.47 Å². The van der Waals surface area contributed by atoms with E-state index in [1.54, 1.807) is 0 Å². The summed E-state index contributed by atoms with van der Waals surface area (Å²) in [5, 5.41) is 0. The first kappa shape index (κ1) is 13.9. The Labute approximate surface area is 112 Å². The second-order valence-corrected chi connectivity index (χ2v) is 5.79. The molecule has 1 heterocycles. The molecule has 0 N–H and O–H groups in total. The lowest BCUT2D eigenvalue weighted by molar-refractivity contribution is 0.0685. The minimum atomic E-state index is 0.718. The van der Waals surface area contributed by atoms with E-state index in [4.69, 9.17) is 9.47 Å². The lowest BCUT2D eigenvalue weighted by Gasteiger charge is -2.20. The molecule has 2 heteroatoms. The Bertz CT molecular complexity index is 231. The van der Waals surface area contributed by atoms with Crippen molar-refractivity contribution in [1.29, 1.82) is 0 Å². The molecule has 18 heavy (non-hydrogen) atoms. The van der Waals surface area contributed by atoms with E-state index in [1.807, 2.05) is 6.26 Å². The van der Waals surface area contributed by atoms with E-state index in [0.717, 1.165) is 32.2 Å². The first-order chi connectivity index (χ1) is 8.95. The third kappa shape index (κ3) is 5.43. The zero-order chi connectivity index (χ0) is 12.5. The molecule has 2 nitrogen and oxygen atoms in total. The van der Waals surface area contributed by atoms with Gasteiger partial charge in [-0.2, -0.15) is 0 Å². The van der Waals surface area contributed by atoms with E-state index in [-0.39, 0.29) is 0 Å². The van der Waals surface area contributed by atoms with Crippen molar-refractivity contribution in [3.05, 3.63) is 11.8 Å². The smallest absolute Gasteiger partial charge is 0.0876 e. The van der Waals surface area contributed by atoms with E-state index in [9.17, 15) is 0 Å². The second kappa shape index (κ2) is 8.58. The number of ether oxygens (including phenoxy) is 2. The fourth-order valence-electron chi connectivity index (χ4n) is 2.91. The van der Waals surface area contributed by atoms with E-state index in [1.165, 1.54) is 63.4 Å². The zero-order valence-corrected chi connectivity index (χ0v) is 11.7. The molecular formula is C16H28O2. The van der Waals surface area contributed by atoms with Crippen molar-refractivity contribution in [2.24, 2.45) is 5.92 Å². The van der Waals surface area contributed by atoms with Gasteiger partial charge in [0, 0.05) is 13.2 Å². The molecule has 0 aromatic rings. The highest BCUT2D eigenvalue weighted by Crippen LogP contribution is 2.23. The number of rotatable bonds is 4. The Morgan fingerprint density at radius 3 is 2.78 bits per heavy atom. The number of hydrogen-bond donors (Lipinski definition) is 0. The quantitative estimate of drug-likeness (QED) is 0.543. The van der Waals surface area contributed by atoms with Crippen molar-refractivity contribution in [3.63, 3.8) is 0 Å². The highest BCUT2D eigenvalue weighted by atomic mass is 16.5. The summed E-state index contributed by atoms with van der Waals surface area (Å²) in [6.07, 6.45) is 15.1. The molecule has 1 aliphatic heterocycles. The fourth-order valence-corrected chi connectivity index (χ4v) is 2.91. The normalized spacial score (nSPS) is 26.2. The predicted octanol–water partition coefficient (Wildman–Crippen LogP) is 4.45. The maximum atomic E-state index is 5.73. The molecule has 2 aliphatic rings. The Morgan fingerprint density at radius 2 is 1.89 bits per heavy atom. The van der Waals surface area contributed by atoms with Gasteiger partial charge >= 0.3 is 0 Å². The van der Waals surface area contributed by atoms with Crippen LogP contribution in [0.3, 0.4) is 0 Å². The molecule has 0 radical (unpaired) electrons. The lowest BCUT2D eigenvalue weighted by atomic mass is 9.96. The van der Waals surface area contributed by atoms with Crippen LogP contribution in [0.15, 0.2) is 11.8 Å². The molecule has 0 amide bonds. The average Bonchev–Trinajstić information content (AvgIpc) is 2.38. The molecule has 0 aromatic heterocycles. The summed E-state index contributed by atoms with van der Waals surface area (Å²) < 4.78 is 11.4. The van der Waals surface area contributed by atoms with Gasteiger partial charge in [-0.05, 0) is 56.4 Å². The van der Waals surface area contributed by atoms with Crippen molar-refractivity contribution in [3.8, 4) is 0 Å².